The normalized spacial score (nSPS) is 11.1. The predicted molar refractivity (Wildman–Crippen MR) is 101 cm³/mol. The van der Waals surface area contributed by atoms with Crippen LogP contribution in [0.1, 0.15) is 28.1 Å². The molecule has 29 heavy (non-hydrogen) atoms. The predicted octanol–water partition coefficient (Wildman–Crippen LogP) is 5.12. The summed E-state index contributed by atoms with van der Waals surface area (Å²) >= 11 is 0. The van der Waals surface area contributed by atoms with Gasteiger partial charge in [0, 0.05) is 29.8 Å². The number of amides is 2. The van der Waals surface area contributed by atoms with E-state index in [1.807, 2.05) is 0 Å². The summed E-state index contributed by atoms with van der Waals surface area (Å²) in [6, 6.07) is 14.0. The van der Waals surface area contributed by atoms with Gasteiger partial charge in [-0.3, -0.25) is 9.59 Å². The van der Waals surface area contributed by atoms with Crippen LogP contribution in [0.25, 0.3) is 0 Å². The van der Waals surface area contributed by atoms with Crippen LogP contribution >= 0.6 is 0 Å². The molecule has 0 saturated heterocycles. The van der Waals surface area contributed by atoms with Gasteiger partial charge in [-0.2, -0.15) is 13.2 Å². The molecule has 0 spiro atoms. The molecule has 2 aromatic carbocycles. The first-order valence-electron chi connectivity index (χ1n) is 8.72. The average molecular weight is 402 g/mol. The lowest BCUT2D eigenvalue weighted by Crippen LogP contribution is -2.15. The molecular weight excluding hydrogens is 385 g/mol. The number of carbonyl (C=O) groups is 2. The molecule has 0 fully saturated rings. The molecule has 150 valence electrons. The van der Waals surface area contributed by atoms with Gasteiger partial charge in [0.2, 0.25) is 5.91 Å². The Balaban J connectivity index is 1.62. The number of hydrogen-bond donors (Lipinski definition) is 2. The second-order valence-corrected chi connectivity index (χ2v) is 6.24. The molecule has 2 N–H and O–H groups in total. The zero-order chi connectivity index (χ0) is 20.9. The summed E-state index contributed by atoms with van der Waals surface area (Å²) in [5, 5.41) is 5.11. The molecule has 1 heterocycles. The molecule has 8 heteroatoms. The van der Waals surface area contributed by atoms with Crippen molar-refractivity contribution in [1.29, 1.82) is 0 Å². The summed E-state index contributed by atoms with van der Waals surface area (Å²) in [5.74, 6) is -0.151. The number of halogens is 3. The van der Waals surface area contributed by atoms with E-state index in [-0.39, 0.29) is 23.6 Å². The van der Waals surface area contributed by atoms with Gasteiger partial charge in [-0.1, -0.05) is 12.1 Å². The molecular formula is C21H17F3N2O3. The Morgan fingerprint density at radius 2 is 1.62 bits per heavy atom. The van der Waals surface area contributed by atoms with Gasteiger partial charge in [-0.15, -0.1) is 0 Å². The van der Waals surface area contributed by atoms with Crippen molar-refractivity contribution in [3.05, 3.63) is 83.8 Å². The largest absolute Gasteiger partial charge is 0.469 e. The van der Waals surface area contributed by atoms with Gasteiger partial charge < -0.3 is 15.1 Å². The highest BCUT2D eigenvalue weighted by atomic mass is 19.4. The van der Waals surface area contributed by atoms with Gasteiger partial charge in [0.15, 0.2) is 0 Å². The Morgan fingerprint density at radius 3 is 2.31 bits per heavy atom. The topological polar surface area (TPSA) is 71.3 Å². The van der Waals surface area contributed by atoms with Crippen LogP contribution in [0, 0.1) is 0 Å². The number of rotatable bonds is 6. The Bertz CT molecular complexity index is 998. The summed E-state index contributed by atoms with van der Waals surface area (Å²) in [5.41, 5.74) is -0.219. The van der Waals surface area contributed by atoms with Gasteiger partial charge in [0.25, 0.3) is 5.91 Å². The monoisotopic (exact) mass is 402 g/mol. The third-order valence-electron chi connectivity index (χ3n) is 4.03. The lowest BCUT2D eigenvalue weighted by atomic mass is 10.1. The molecule has 0 aliphatic carbocycles. The van der Waals surface area contributed by atoms with E-state index in [1.54, 1.807) is 24.3 Å². The van der Waals surface area contributed by atoms with Crippen molar-refractivity contribution in [2.24, 2.45) is 0 Å². The summed E-state index contributed by atoms with van der Waals surface area (Å²) in [4.78, 5) is 24.4. The number of anilines is 2. The third-order valence-corrected chi connectivity index (χ3v) is 4.03. The Kier molecular flexibility index (Phi) is 6.01. The van der Waals surface area contributed by atoms with Crippen LogP contribution in [0.5, 0.6) is 0 Å². The van der Waals surface area contributed by atoms with Crippen LogP contribution in [0.2, 0.25) is 0 Å². The quantitative estimate of drug-likeness (QED) is 0.601. The maximum absolute atomic E-state index is 12.8. The fourth-order valence-corrected chi connectivity index (χ4v) is 2.63. The van der Waals surface area contributed by atoms with E-state index < -0.39 is 17.6 Å². The van der Waals surface area contributed by atoms with E-state index >= 15 is 0 Å². The van der Waals surface area contributed by atoms with Crippen molar-refractivity contribution in [3.8, 4) is 0 Å². The van der Waals surface area contributed by atoms with Crippen LogP contribution in [0.15, 0.2) is 71.3 Å². The standard InChI is InChI=1S/C21H17F3N2O3/c22-21(23,24)15-5-2-7-17(13-15)26-20(28)14-4-1-6-16(12-14)25-19(27)10-9-18-8-3-11-29-18/h1-8,11-13H,9-10H2,(H,25,27)(H,26,28). The molecule has 5 nitrogen and oxygen atoms in total. The molecule has 0 aliphatic heterocycles. The van der Waals surface area contributed by atoms with Crippen LogP contribution < -0.4 is 10.6 Å². The number of hydrogen-bond acceptors (Lipinski definition) is 3. The van der Waals surface area contributed by atoms with Crippen LogP contribution in [0.3, 0.4) is 0 Å². The molecule has 0 atom stereocenters. The second kappa shape index (κ2) is 8.64. The smallest absolute Gasteiger partial charge is 0.416 e. The zero-order valence-corrected chi connectivity index (χ0v) is 15.1. The van der Waals surface area contributed by atoms with E-state index in [1.165, 1.54) is 30.5 Å². The van der Waals surface area contributed by atoms with Gasteiger partial charge in [0.1, 0.15) is 5.76 Å². The molecule has 3 aromatic rings. The highest BCUT2D eigenvalue weighted by Gasteiger charge is 2.30. The van der Waals surface area contributed by atoms with Crippen LogP contribution in [0.4, 0.5) is 24.5 Å². The Labute approximate surface area is 164 Å². The van der Waals surface area contributed by atoms with Crippen molar-refractivity contribution in [2.45, 2.75) is 19.0 Å². The maximum atomic E-state index is 12.8. The van der Waals surface area contributed by atoms with Crippen molar-refractivity contribution < 1.29 is 27.2 Å². The van der Waals surface area contributed by atoms with E-state index in [9.17, 15) is 22.8 Å². The minimum absolute atomic E-state index is 0.0257. The van der Waals surface area contributed by atoms with Crippen LogP contribution in [-0.2, 0) is 17.4 Å². The Morgan fingerprint density at radius 1 is 0.897 bits per heavy atom. The minimum atomic E-state index is -4.50. The van der Waals surface area contributed by atoms with E-state index in [2.05, 4.69) is 10.6 Å². The highest BCUT2D eigenvalue weighted by molar-refractivity contribution is 6.05. The number of alkyl halides is 3. The van der Waals surface area contributed by atoms with Crippen molar-refractivity contribution in [2.75, 3.05) is 10.6 Å². The first-order chi connectivity index (χ1) is 13.8. The molecule has 2 amide bonds. The summed E-state index contributed by atoms with van der Waals surface area (Å²) in [6.45, 7) is 0. The fourth-order valence-electron chi connectivity index (χ4n) is 2.63. The Hall–Kier alpha value is -3.55. The number of carbonyl (C=O) groups excluding carboxylic acids is 2. The maximum Gasteiger partial charge on any atom is 0.416 e. The second-order valence-electron chi connectivity index (χ2n) is 6.24. The summed E-state index contributed by atoms with van der Waals surface area (Å²) < 4.78 is 43.6. The van der Waals surface area contributed by atoms with E-state index in [0.29, 0.717) is 17.9 Å². The highest BCUT2D eigenvalue weighted by Crippen LogP contribution is 2.30. The van der Waals surface area contributed by atoms with E-state index in [4.69, 9.17) is 4.42 Å². The number of aryl methyl sites for hydroxylation is 1. The van der Waals surface area contributed by atoms with Crippen molar-refractivity contribution in [1.82, 2.24) is 0 Å². The molecule has 3 rings (SSSR count). The molecule has 0 radical (unpaired) electrons. The number of furan rings is 1. The first-order valence-corrected chi connectivity index (χ1v) is 8.72. The SMILES string of the molecule is O=C(CCc1ccco1)Nc1cccc(C(=O)Nc2cccc(C(F)(F)F)c2)c1. The molecule has 1 aromatic heterocycles. The summed E-state index contributed by atoms with van der Waals surface area (Å²) in [7, 11) is 0. The van der Waals surface area contributed by atoms with Gasteiger partial charge in [-0.25, -0.2) is 0 Å². The molecule has 0 saturated carbocycles. The fraction of sp³-hybridized carbons (Fsp3) is 0.143. The van der Waals surface area contributed by atoms with Gasteiger partial charge >= 0.3 is 6.18 Å². The van der Waals surface area contributed by atoms with Crippen molar-refractivity contribution in [3.63, 3.8) is 0 Å². The minimum Gasteiger partial charge on any atom is -0.469 e. The number of benzene rings is 2. The van der Waals surface area contributed by atoms with Gasteiger partial charge in [-0.05, 0) is 48.5 Å². The first kappa shape index (κ1) is 20.2. The van der Waals surface area contributed by atoms with Crippen molar-refractivity contribution >= 4 is 23.2 Å². The zero-order valence-electron chi connectivity index (χ0n) is 15.1. The average Bonchev–Trinajstić information content (AvgIpc) is 3.20. The lowest BCUT2D eigenvalue weighted by molar-refractivity contribution is -0.137. The number of nitrogens with one attached hydrogen (secondary N) is 2. The lowest BCUT2D eigenvalue weighted by Gasteiger charge is -2.11. The molecule has 0 aliphatic rings. The molecule has 0 bridgehead atoms. The third kappa shape index (κ3) is 5.71. The van der Waals surface area contributed by atoms with E-state index in [0.717, 1.165) is 12.1 Å². The van der Waals surface area contributed by atoms with Crippen LogP contribution in [-0.4, -0.2) is 11.8 Å². The molecule has 0 unspecified atom stereocenters. The summed E-state index contributed by atoms with van der Waals surface area (Å²) in [6.07, 6.45) is -2.33. The van der Waals surface area contributed by atoms with Gasteiger partial charge in [0.05, 0.1) is 11.8 Å².